The number of ether oxygens (including phenoxy) is 1. The smallest absolute Gasteiger partial charge is 0.322 e. The second-order valence-corrected chi connectivity index (χ2v) is 8.66. The molecule has 2 aromatic carbocycles. The predicted molar refractivity (Wildman–Crippen MR) is 135 cm³/mol. The molecule has 4 rings (SSSR count). The molecule has 0 saturated carbocycles. The highest BCUT2D eigenvalue weighted by atomic mass is 16.5. The fourth-order valence-electron chi connectivity index (χ4n) is 4.28. The minimum Gasteiger partial charge on any atom is -0.495 e. The Morgan fingerprint density at radius 2 is 1.83 bits per heavy atom. The first-order valence-electron chi connectivity index (χ1n) is 12.0. The molecular formula is C26H33N5O4. The van der Waals surface area contributed by atoms with E-state index >= 15 is 0 Å². The average Bonchev–Trinajstić information content (AvgIpc) is 3.26. The van der Waals surface area contributed by atoms with E-state index in [0.717, 1.165) is 5.56 Å². The number of carbonyl (C=O) groups is 2. The van der Waals surface area contributed by atoms with Crippen LogP contribution in [0.15, 0.2) is 40.8 Å². The number of amides is 3. The van der Waals surface area contributed by atoms with Crippen LogP contribution in [0.4, 0.5) is 10.5 Å². The molecule has 35 heavy (non-hydrogen) atoms. The molecule has 3 aromatic rings. The standard InChI is InChI=1S/C26H33N5O4/c1-5-30(6-2)25(32)19-8-10-23-21(16-19)27-24(35-23)17-29-11-13-31(14-12-29)26(33)28-20-15-18(3)7-9-22(20)34-4/h7-10,15-16H,5-6,11-14,17H2,1-4H3,(H,28,33). The molecule has 186 valence electrons. The van der Waals surface area contributed by atoms with Crippen molar-refractivity contribution in [2.75, 3.05) is 51.7 Å². The molecule has 1 aliphatic heterocycles. The molecule has 1 N–H and O–H groups in total. The van der Waals surface area contributed by atoms with Crippen LogP contribution in [0.2, 0.25) is 0 Å². The molecule has 0 atom stereocenters. The Labute approximate surface area is 205 Å². The van der Waals surface area contributed by atoms with Crippen molar-refractivity contribution >= 4 is 28.7 Å². The van der Waals surface area contributed by atoms with Crippen molar-refractivity contribution in [3.8, 4) is 5.75 Å². The Morgan fingerprint density at radius 1 is 1.09 bits per heavy atom. The largest absolute Gasteiger partial charge is 0.495 e. The second-order valence-electron chi connectivity index (χ2n) is 8.66. The van der Waals surface area contributed by atoms with Gasteiger partial charge in [0.15, 0.2) is 5.58 Å². The van der Waals surface area contributed by atoms with Crippen LogP contribution in [-0.2, 0) is 6.54 Å². The topological polar surface area (TPSA) is 91.2 Å². The molecule has 0 spiro atoms. The van der Waals surface area contributed by atoms with Gasteiger partial charge in [0, 0.05) is 44.8 Å². The van der Waals surface area contributed by atoms with Gasteiger partial charge in [0.25, 0.3) is 5.91 Å². The molecule has 9 nitrogen and oxygen atoms in total. The first kappa shape index (κ1) is 24.5. The molecule has 0 radical (unpaired) electrons. The van der Waals surface area contributed by atoms with Crippen molar-refractivity contribution in [2.24, 2.45) is 0 Å². The summed E-state index contributed by atoms with van der Waals surface area (Å²) in [5.74, 6) is 1.24. The number of nitrogens with zero attached hydrogens (tertiary/aromatic N) is 4. The summed E-state index contributed by atoms with van der Waals surface area (Å²) in [4.78, 5) is 35.8. The SMILES string of the molecule is CCN(CC)C(=O)c1ccc2oc(CN3CCN(C(=O)Nc4cc(C)ccc4OC)CC3)nc2c1. The summed E-state index contributed by atoms with van der Waals surface area (Å²) in [6.07, 6.45) is 0. The van der Waals surface area contributed by atoms with Gasteiger partial charge in [-0.15, -0.1) is 0 Å². The quantitative estimate of drug-likeness (QED) is 0.551. The van der Waals surface area contributed by atoms with E-state index < -0.39 is 0 Å². The van der Waals surface area contributed by atoms with Crippen molar-refractivity contribution in [1.29, 1.82) is 0 Å². The molecule has 2 heterocycles. The summed E-state index contributed by atoms with van der Waals surface area (Å²) in [7, 11) is 1.59. The third-order valence-electron chi connectivity index (χ3n) is 6.34. The van der Waals surface area contributed by atoms with Crippen LogP contribution in [0.5, 0.6) is 5.75 Å². The minimum absolute atomic E-state index is 0.000804. The van der Waals surface area contributed by atoms with Crippen molar-refractivity contribution in [3.05, 3.63) is 53.4 Å². The van der Waals surface area contributed by atoms with Crippen molar-refractivity contribution in [2.45, 2.75) is 27.3 Å². The van der Waals surface area contributed by atoms with E-state index in [1.807, 2.05) is 45.0 Å². The monoisotopic (exact) mass is 479 g/mol. The normalized spacial score (nSPS) is 14.2. The maximum atomic E-state index is 12.8. The van der Waals surface area contributed by atoms with Crippen LogP contribution in [0.3, 0.4) is 0 Å². The van der Waals surface area contributed by atoms with Crippen LogP contribution >= 0.6 is 0 Å². The molecule has 0 bridgehead atoms. The van der Waals surface area contributed by atoms with E-state index in [2.05, 4.69) is 15.2 Å². The summed E-state index contributed by atoms with van der Waals surface area (Å²) in [5.41, 5.74) is 3.69. The van der Waals surface area contributed by atoms with Gasteiger partial charge in [0.05, 0.1) is 19.3 Å². The van der Waals surface area contributed by atoms with Crippen LogP contribution < -0.4 is 10.1 Å². The summed E-state index contributed by atoms with van der Waals surface area (Å²) < 4.78 is 11.3. The third-order valence-corrected chi connectivity index (χ3v) is 6.34. The van der Waals surface area contributed by atoms with Crippen molar-refractivity contribution in [1.82, 2.24) is 19.7 Å². The highest BCUT2D eigenvalue weighted by molar-refractivity contribution is 5.97. The zero-order valence-corrected chi connectivity index (χ0v) is 20.8. The van der Waals surface area contributed by atoms with E-state index in [-0.39, 0.29) is 11.9 Å². The Bertz CT molecular complexity index is 1200. The van der Waals surface area contributed by atoms with E-state index in [1.165, 1.54) is 0 Å². The molecule has 1 saturated heterocycles. The lowest BCUT2D eigenvalue weighted by atomic mass is 10.2. The van der Waals surface area contributed by atoms with Crippen molar-refractivity contribution < 1.29 is 18.7 Å². The van der Waals surface area contributed by atoms with Crippen LogP contribution in [0.25, 0.3) is 11.1 Å². The molecule has 0 aliphatic carbocycles. The lowest BCUT2D eigenvalue weighted by molar-refractivity contribution is 0.0773. The number of fused-ring (bicyclic) bond motifs is 1. The summed E-state index contributed by atoms with van der Waals surface area (Å²) >= 11 is 0. The number of hydrogen-bond acceptors (Lipinski definition) is 6. The van der Waals surface area contributed by atoms with Gasteiger partial charge in [0.2, 0.25) is 5.89 Å². The number of rotatable bonds is 7. The van der Waals surface area contributed by atoms with Crippen LogP contribution in [0, 0.1) is 6.92 Å². The number of methoxy groups -OCH3 is 1. The molecule has 1 fully saturated rings. The highest BCUT2D eigenvalue weighted by Gasteiger charge is 2.23. The number of urea groups is 1. The van der Waals surface area contributed by atoms with E-state index in [4.69, 9.17) is 9.15 Å². The number of nitrogens with one attached hydrogen (secondary N) is 1. The van der Waals surface area contributed by atoms with Gasteiger partial charge in [0.1, 0.15) is 11.3 Å². The number of piperazine rings is 1. The maximum absolute atomic E-state index is 12.8. The Hall–Kier alpha value is -3.59. The van der Waals surface area contributed by atoms with Crippen LogP contribution in [-0.4, -0.2) is 78.0 Å². The number of anilines is 1. The lowest BCUT2D eigenvalue weighted by Crippen LogP contribution is -2.49. The first-order chi connectivity index (χ1) is 16.9. The fourth-order valence-corrected chi connectivity index (χ4v) is 4.28. The molecule has 1 aliphatic rings. The Morgan fingerprint density at radius 3 is 2.51 bits per heavy atom. The van der Waals surface area contributed by atoms with Crippen LogP contribution in [0.1, 0.15) is 35.7 Å². The average molecular weight is 480 g/mol. The summed E-state index contributed by atoms with van der Waals surface area (Å²) in [6, 6.07) is 11.0. The van der Waals surface area contributed by atoms with Gasteiger partial charge in [-0.1, -0.05) is 6.07 Å². The number of oxazole rings is 1. The van der Waals surface area contributed by atoms with Gasteiger partial charge in [-0.05, 0) is 56.7 Å². The zero-order chi connectivity index (χ0) is 24.9. The first-order valence-corrected chi connectivity index (χ1v) is 12.0. The Kier molecular flexibility index (Phi) is 7.55. The molecule has 9 heteroatoms. The lowest BCUT2D eigenvalue weighted by Gasteiger charge is -2.34. The molecule has 3 amide bonds. The van der Waals surface area contributed by atoms with Crippen molar-refractivity contribution in [3.63, 3.8) is 0 Å². The van der Waals surface area contributed by atoms with Gasteiger partial charge in [-0.3, -0.25) is 9.69 Å². The minimum atomic E-state index is -0.138. The second kappa shape index (κ2) is 10.8. The number of aromatic nitrogens is 1. The number of aryl methyl sites for hydroxylation is 1. The van der Waals surface area contributed by atoms with Gasteiger partial charge < -0.3 is 24.3 Å². The molecule has 1 aromatic heterocycles. The number of carbonyl (C=O) groups excluding carboxylic acids is 2. The number of hydrogen-bond donors (Lipinski definition) is 1. The van der Waals surface area contributed by atoms with E-state index in [0.29, 0.717) is 79.8 Å². The summed E-state index contributed by atoms with van der Waals surface area (Å²) in [5, 5.41) is 2.97. The molecular weight excluding hydrogens is 446 g/mol. The zero-order valence-electron chi connectivity index (χ0n) is 20.8. The Balaban J connectivity index is 1.34. The molecule has 0 unspecified atom stereocenters. The predicted octanol–water partition coefficient (Wildman–Crippen LogP) is 3.98. The van der Waals surface area contributed by atoms with Gasteiger partial charge >= 0.3 is 6.03 Å². The number of benzene rings is 2. The third kappa shape index (κ3) is 5.57. The fraction of sp³-hybridized carbons (Fsp3) is 0.423. The highest BCUT2D eigenvalue weighted by Crippen LogP contribution is 2.26. The van der Waals surface area contributed by atoms with E-state index in [9.17, 15) is 9.59 Å². The van der Waals surface area contributed by atoms with E-state index in [1.54, 1.807) is 29.0 Å². The maximum Gasteiger partial charge on any atom is 0.322 e. The van der Waals surface area contributed by atoms with Gasteiger partial charge in [-0.2, -0.15) is 0 Å². The summed E-state index contributed by atoms with van der Waals surface area (Å²) in [6.45, 7) is 10.4. The van der Waals surface area contributed by atoms with Gasteiger partial charge in [-0.25, -0.2) is 9.78 Å².